The number of nitrogens with zero attached hydrogens (tertiary/aromatic N) is 3. The normalized spacial score (nSPS) is 18.7. The van der Waals surface area contributed by atoms with Gasteiger partial charge in [-0.25, -0.2) is 0 Å². The van der Waals surface area contributed by atoms with E-state index in [4.69, 9.17) is 0 Å². The summed E-state index contributed by atoms with van der Waals surface area (Å²) in [6.45, 7) is 4.21. The first-order valence-electron chi connectivity index (χ1n) is 7.45. The minimum absolute atomic E-state index is 0.145. The molecule has 2 heterocycles. The highest BCUT2D eigenvalue weighted by atomic mass is 16.2. The molecule has 1 saturated heterocycles. The van der Waals surface area contributed by atoms with Crippen LogP contribution in [0.1, 0.15) is 25.3 Å². The van der Waals surface area contributed by atoms with Gasteiger partial charge in [0, 0.05) is 30.2 Å². The Hall–Kier alpha value is -2.28. The molecule has 4 nitrogen and oxygen atoms in total. The zero-order valence-corrected chi connectivity index (χ0v) is 12.2. The predicted molar refractivity (Wildman–Crippen MR) is 81.6 cm³/mol. The van der Waals surface area contributed by atoms with Gasteiger partial charge in [0.2, 0.25) is 5.91 Å². The highest BCUT2D eigenvalue weighted by molar-refractivity contribution is 5.88. The van der Waals surface area contributed by atoms with Crippen LogP contribution in [0.2, 0.25) is 0 Å². The molecular formula is C17H19N3O. The van der Waals surface area contributed by atoms with Gasteiger partial charge >= 0.3 is 0 Å². The first-order valence-corrected chi connectivity index (χ1v) is 7.45. The van der Waals surface area contributed by atoms with Gasteiger partial charge in [-0.3, -0.25) is 4.79 Å². The smallest absolute Gasteiger partial charge is 0.242 e. The van der Waals surface area contributed by atoms with Crippen LogP contribution in [0.15, 0.2) is 30.5 Å². The summed E-state index contributed by atoms with van der Waals surface area (Å²) in [6.07, 6.45) is 4.08. The fraction of sp³-hybridized carbons (Fsp3) is 0.412. The number of likely N-dealkylation sites (tertiary alicyclic amines) is 1. The maximum Gasteiger partial charge on any atom is 0.242 e. The molecule has 108 valence electrons. The molecule has 1 aromatic heterocycles. The first kappa shape index (κ1) is 13.7. The zero-order chi connectivity index (χ0) is 14.8. The average Bonchev–Trinajstić information content (AvgIpc) is 2.85. The number of para-hydroxylation sites is 1. The van der Waals surface area contributed by atoms with Crippen molar-refractivity contribution in [3.8, 4) is 6.07 Å². The Labute approximate surface area is 124 Å². The van der Waals surface area contributed by atoms with Crippen LogP contribution in [-0.2, 0) is 11.3 Å². The zero-order valence-electron chi connectivity index (χ0n) is 12.2. The number of hydrogen-bond donors (Lipinski definition) is 0. The Kier molecular flexibility index (Phi) is 3.66. The van der Waals surface area contributed by atoms with Gasteiger partial charge in [0.25, 0.3) is 0 Å². The lowest BCUT2D eigenvalue weighted by Gasteiger charge is -2.31. The molecular weight excluding hydrogens is 262 g/mol. The molecule has 3 rings (SSSR count). The Bertz CT molecular complexity index is 710. The highest BCUT2D eigenvalue weighted by Gasteiger charge is 2.21. The van der Waals surface area contributed by atoms with E-state index in [2.05, 4.69) is 13.0 Å². The Morgan fingerprint density at radius 1 is 1.43 bits per heavy atom. The molecule has 4 heteroatoms. The van der Waals surface area contributed by atoms with Gasteiger partial charge in [-0.2, -0.15) is 5.26 Å². The number of carbonyl (C=O) groups excluding carboxylic acids is 1. The lowest BCUT2D eigenvalue weighted by Crippen LogP contribution is -2.40. The fourth-order valence-electron chi connectivity index (χ4n) is 3.13. The van der Waals surface area contributed by atoms with Crippen molar-refractivity contribution in [3.05, 3.63) is 36.0 Å². The SMILES string of the molecule is C[C@H]1CCCN(C(=O)Cn2cc(C#N)c3ccccc32)C1. The van der Waals surface area contributed by atoms with E-state index in [-0.39, 0.29) is 5.91 Å². The summed E-state index contributed by atoms with van der Waals surface area (Å²) in [5.74, 6) is 0.727. The van der Waals surface area contributed by atoms with Gasteiger partial charge in [0.1, 0.15) is 12.6 Å². The molecule has 21 heavy (non-hydrogen) atoms. The van der Waals surface area contributed by atoms with E-state index in [1.54, 1.807) is 6.20 Å². The molecule has 0 saturated carbocycles. The van der Waals surface area contributed by atoms with Crippen molar-refractivity contribution in [1.29, 1.82) is 5.26 Å². The van der Waals surface area contributed by atoms with Gasteiger partial charge in [0.15, 0.2) is 0 Å². The van der Waals surface area contributed by atoms with Crippen molar-refractivity contribution < 1.29 is 4.79 Å². The third kappa shape index (κ3) is 2.64. The molecule has 0 bridgehead atoms. The van der Waals surface area contributed by atoms with Crippen LogP contribution in [0.4, 0.5) is 0 Å². The lowest BCUT2D eigenvalue weighted by molar-refractivity contribution is -0.133. The molecule has 1 atom stereocenters. The number of rotatable bonds is 2. The summed E-state index contributed by atoms with van der Waals surface area (Å²) >= 11 is 0. The van der Waals surface area contributed by atoms with Crippen LogP contribution in [0, 0.1) is 17.2 Å². The number of benzene rings is 1. The van der Waals surface area contributed by atoms with Crippen LogP contribution in [-0.4, -0.2) is 28.5 Å². The van der Waals surface area contributed by atoms with Crippen LogP contribution >= 0.6 is 0 Å². The molecule has 0 N–H and O–H groups in total. The summed E-state index contributed by atoms with van der Waals surface area (Å²) in [7, 11) is 0. The summed E-state index contributed by atoms with van der Waals surface area (Å²) < 4.78 is 1.90. The molecule has 1 aromatic carbocycles. The van der Waals surface area contributed by atoms with E-state index >= 15 is 0 Å². The molecule has 1 aliphatic rings. The Balaban J connectivity index is 1.85. The number of aromatic nitrogens is 1. The maximum absolute atomic E-state index is 12.5. The predicted octanol–water partition coefficient (Wildman–Crippen LogP) is 2.77. The maximum atomic E-state index is 12.5. The molecule has 1 aliphatic heterocycles. The topological polar surface area (TPSA) is 49.0 Å². The molecule has 1 fully saturated rings. The molecule has 0 aliphatic carbocycles. The van der Waals surface area contributed by atoms with Crippen LogP contribution in [0.25, 0.3) is 10.9 Å². The minimum atomic E-state index is 0.145. The quantitative estimate of drug-likeness (QED) is 0.850. The van der Waals surface area contributed by atoms with Crippen LogP contribution in [0.3, 0.4) is 0 Å². The number of amides is 1. The molecule has 2 aromatic rings. The third-order valence-electron chi connectivity index (χ3n) is 4.22. The van der Waals surface area contributed by atoms with Crippen molar-refractivity contribution >= 4 is 16.8 Å². The van der Waals surface area contributed by atoms with Gasteiger partial charge < -0.3 is 9.47 Å². The number of hydrogen-bond acceptors (Lipinski definition) is 2. The van der Waals surface area contributed by atoms with E-state index in [9.17, 15) is 10.1 Å². The largest absolute Gasteiger partial charge is 0.341 e. The average molecular weight is 281 g/mol. The lowest BCUT2D eigenvalue weighted by atomic mass is 10.0. The highest BCUT2D eigenvalue weighted by Crippen LogP contribution is 2.21. The number of nitriles is 1. The number of carbonyl (C=O) groups is 1. The van der Waals surface area contributed by atoms with Gasteiger partial charge in [0.05, 0.1) is 5.56 Å². The van der Waals surface area contributed by atoms with Crippen LogP contribution < -0.4 is 0 Å². The molecule has 1 amide bonds. The minimum Gasteiger partial charge on any atom is -0.341 e. The Morgan fingerprint density at radius 3 is 3.00 bits per heavy atom. The van der Waals surface area contributed by atoms with Gasteiger partial charge in [-0.1, -0.05) is 25.1 Å². The van der Waals surface area contributed by atoms with Crippen LogP contribution in [0.5, 0.6) is 0 Å². The second-order valence-electron chi connectivity index (χ2n) is 5.89. The molecule has 0 spiro atoms. The number of fused-ring (bicyclic) bond motifs is 1. The summed E-state index contributed by atoms with van der Waals surface area (Å²) in [5.41, 5.74) is 1.58. The second kappa shape index (κ2) is 5.61. The third-order valence-corrected chi connectivity index (χ3v) is 4.22. The summed E-state index contributed by atoms with van der Waals surface area (Å²) in [5, 5.41) is 10.1. The number of piperidine rings is 1. The standard InChI is InChI=1S/C17H19N3O/c1-13-5-4-8-19(10-13)17(21)12-20-11-14(9-18)15-6-2-3-7-16(15)20/h2-3,6-7,11,13H,4-5,8,10,12H2,1H3/t13-/m0/s1. The van der Waals surface area contributed by atoms with Crippen molar-refractivity contribution in [1.82, 2.24) is 9.47 Å². The Morgan fingerprint density at radius 2 is 2.24 bits per heavy atom. The fourth-order valence-corrected chi connectivity index (χ4v) is 3.13. The van der Waals surface area contributed by atoms with Crippen molar-refractivity contribution in [3.63, 3.8) is 0 Å². The van der Waals surface area contributed by atoms with E-state index in [0.29, 0.717) is 18.0 Å². The summed E-state index contributed by atoms with van der Waals surface area (Å²) in [6, 6.07) is 9.95. The van der Waals surface area contributed by atoms with Gasteiger partial charge in [-0.15, -0.1) is 0 Å². The second-order valence-corrected chi connectivity index (χ2v) is 5.89. The first-order chi connectivity index (χ1) is 10.2. The molecule has 0 unspecified atom stereocenters. The van der Waals surface area contributed by atoms with Crippen molar-refractivity contribution in [2.75, 3.05) is 13.1 Å². The molecule has 0 radical (unpaired) electrons. The van der Waals surface area contributed by atoms with E-state index < -0.39 is 0 Å². The van der Waals surface area contributed by atoms with E-state index in [1.807, 2.05) is 33.7 Å². The van der Waals surface area contributed by atoms with Crippen molar-refractivity contribution in [2.45, 2.75) is 26.3 Å². The van der Waals surface area contributed by atoms with E-state index in [1.165, 1.54) is 6.42 Å². The van der Waals surface area contributed by atoms with E-state index in [0.717, 1.165) is 30.4 Å². The summed E-state index contributed by atoms with van der Waals surface area (Å²) in [4.78, 5) is 14.4. The van der Waals surface area contributed by atoms with Crippen molar-refractivity contribution in [2.24, 2.45) is 5.92 Å². The monoisotopic (exact) mass is 281 g/mol. The van der Waals surface area contributed by atoms with Gasteiger partial charge in [-0.05, 0) is 24.8 Å².